The van der Waals surface area contributed by atoms with E-state index < -0.39 is 0 Å². The molecule has 1 rings (SSSR count). The van der Waals surface area contributed by atoms with Crippen molar-refractivity contribution in [2.24, 2.45) is 0 Å². The van der Waals surface area contributed by atoms with E-state index in [0.717, 1.165) is 12.8 Å². The molecule has 1 heterocycles. The van der Waals surface area contributed by atoms with Crippen LogP contribution in [-0.2, 0) is 0 Å². The number of carbonyl (C=O) groups is 1. The number of nitrogens with zero attached hydrogens (tertiary/aromatic N) is 2. The summed E-state index contributed by atoms with van der Waals surface area (Å²) in [6, 6.07) is 3.45. The van der Waals surface area contributed by atoms with Gasteiger partial charge in [0.05, 0.1) is 0 Å². The normalized spacial score (nSPS) is 11.1. The van der Waals surface area contributed by atoms with Gasteiger partial charge in [0.1, 0.15) is 5.82 Å². The second-order valence-corrected chi connectivity index (χ2v) is 4.28. The van der Waals surface area contributed by atoms with Gasteiger partial charge in [-0.25, -0.2) is 0 Å². The van der Waals surface area contributed by atoms with Gasteiger partial charge in [-0.1, -0.05) is 13.8 Å². The van der Waals surface area contributed by atoms with E-state index >= 15 is 0 Å². The lowest BCUT2D eigenvalue weighted by Gasteiger charge is -2.28. The first-order valence-electron chi connectivity index (χ1n) is 5.88. The van der Waals surface area contributed by atoms with Gasteiger partial charge in [0.2, 0.25) is 0 Å². The van der Waals surface area contributed by atoms with E-state index in [-0.39, 0.29) is 11.4 Å². The molecule has 0 saturated heterocycles. The highest BCUT2D eigenvalue weighted by Crippen LogP contribution is 2.19. The van der Waals surface area contributed by atoms with E-state index in [1.807, 2.05) is 0 Å². The van der Waals surface area contributed by atoms with Gasteiger partial charge in [0, 0.05) is 12.6 Å². The van der Waals surface area contributed by atoms with E-state index in [0.29, 0.717) is 11.5 Å². The Hall–Kier alpha value is -1.65. The summed E-state index contributed by atoms with van der Waals surface area (Å²) in [5.74, 6) is 0.474. The van der Waals surface area contributed by atoms with Gasteiger partial charge in [-0.15, -0.1) is 10.2 Å². The van der Waals surface area contributed by atoms with Gasteiger partial charge in [-0.3, -0.25) is 4.79 Å². The Bertz CT molecular complexity index is 371. The molecule has 1 amide bonds. The van der Waals surface area contributed by atoms with Crippen molar-refractivity contribution in [1.29, 1.82) is 0 Å². The van der Waals surface area contributed by atoms with Crippen molar-refractivity contribution in [2.75, 3.05) is 12.4 Å². The topological polar surface area (TPSA) is 66.9 Å². The molecule has 5 nitrogen and oxygen atoms in total. The summed E-state index contributed by atoms with van der Waals surface area (Å²) in [5.41, 5.74) is 0.344. The predicted molar refractivity (Wildman–Crippen MR) is 68.0 cm³/mol. The minimum atomic E-state index is -0.224. The highest BCUT2D eigenvalue weighted by molar-refractivity contribution is 5.91. The third-order valence-electron chi connectivity index (χ3n) is 3.11. The molecule has 0 radical (unpaired) electrons. The monoisotopic (exact) mass is 236 g/mol. The Morgan fingerprint density at radius 2 is 1.94 bits per heavy atom. The highest BCUT2D eigenvalue weighted by Gasteiger charge is 2.19. The average Bonchev–Trinajstić information content (AvgIpc) is 2.38. The summed E-state index contributed by atoms with van der Waals surface area (Å²) in [4.78, 5) is 11.3. The molecule has 5 heteroatoms. The molecular formula is C12H20N4O. The maximum atomic E-state index is 11.3. The number of hydrogen-bond acceptors (Lipinski definition) is 4. The number of nitrogens with one attached hydrogen (secondary N) is 2. The van der Waals surface area contributed by atoms with Crippen LogP contribution in [0.25, 0.3) is 0 Å². The fraction of sp³-hybridized carbons (Fsp3) is 0.583. The minimum absolute atomic E-state index is 0.0171. The van der Waals surface area contributed by atoms with E-state index in [1.165, 1.54) is 0 Å². The second-order valence-electron chi connectivity index (χ2n) is 4.28. The van der Waals surface area contributed by atoms with Crippen molar-refractivity contribution >= 4 is 11.7 Å². The molecule has 0 bridgehead atoms. The Morgan fingerprint density at radius 1 is 1.29 bits per heavy atom. The van der Waals surface area contributed by atoms with Gasteiger partial charge in [0.15, 0.2) is 5.69 Å². The van der Waals surface area contributed by atoms with Crippen molar-refractivity contribution < 1.29 is 4.79 Å². The molecule has 0 aliphatic rings. The zero-order chi connectivity index (χ0) is 12.9. The van der Waals surface area contributed by atoms with Crippen LogP contribution in [0.2, 0.25) is 0 Å². The number of anilines is 1. The van der Waals surface area contributed by atoms with Gasteiger partial charge in [-0.2, -0.15) is 0 Å². The van der Waals surface area contributed by atoms with E-state index in [9.17, 15) is 4.79 Å². The maximum absolute atomic E-state index is 11.3. The first kappa shape index (κ1) is 13.4. The van der Waals surface area contributed by atoms with Crippen LogP contribution in [0, 0.1) is 0 Å². The number of hydrogen-bond donors (Lipinski definition) is 2. The van der Waals surface area contributed by atoms with E-state index in [4.69, 9.17) is 0 Å². The molecule has 1 aromatic rings. The Labute approximate surface area is 102 Å². The molecule has 0 spiro atoms. The zero-order valence-corrected chi connectivity index (χ0v) is 10.9. The van der Waals surface area contributed by atoms with Crippen LogP contribution in [0.1, 0.15) is 44.1 Å². The molecule has 0 fully saturated rings. The number of rotatable bonds is 5. The van der Waals surface area contributed by atoms with Crippen LogP contribution in [0.3, 0.4) is 0 Å². The first-order valence-corrected chi connectivity index (χ1v) is 5.88. The minimum Gasteiger partial charge on any atom is -0.363 e. The summed E-state index contributed by atoms with van der Waals surface area (Å²) in [6.07, 6.45) is 2.00. The lowest BCUT2D eigenvalue weighted by atomic mass is 9.96. The van der Waals surface area contributed by atoms with Crippen molar-refractivity contribution in [3.05, 3.63) is 17.8 Å². The fourth-order valence-electron chi connectivity index (χ4n) is 1.38. The van der Waals surface area contributed by atoms with Gasteiger partial charge < -0.3 is 10.6 Å². The molecule has 0 unspecified atom stereocenters. The molecule has 0 saturated carbocycles. The molecule has 0 atom stereocenters. The maximum Gasteiger partial charge on any atom is 0.271 e. The Kier molecular flexibility index (Phi) is 4.43. The van der Waals surface area contributed by atoms with Crippen molar-refractivity contribution in [3.8, 4) is 0 Å². The van der Waals surface area contributed by atoms with Gasteiger partial charge >= 0.3 is 0 Å². The molecule has 2 N–H and O–H groups in total. The number of carbonyl (C=O) groups excluding carboxylic acids is 1. The summed E-state index contributed by atoms with van der Waals surface area (Å²) in [5, 5.41) is 13.7. The van der Waals surface area contributed by atoms with Crippen LogP contribution in [0.4, 0.5) is 5.82 Å². The van der Waals surface area contributed by atoms with Crippen LogP contribution < -0.4 is 10.6 Å². The molecular weight excluding hydrogens is 216 g/mol. The Balaban J connectivity index is 2.78. The predicted octanol–water partition coefficient (Wildman–Crippen LogP) is 1.83. The van der Waals surface area contributed by atoms with Crippen molar-refractivity contribution in [3.63, 3.8) is 0 Å². The number of aromatic nitrogens is 2. The van der Waals surface area contributed by atoms with Crippen LogP contribution in [0.15, 0.2) is 12.1 Å². The summed E-state index contributed by atoms with van der Waals surface area (Å²) < 4.78 is 0. The second kappa shape index (κ2) is 5.61. The summed E-state index contributed by atoms with van der Waals surface area (Å²) >= 11 is 0. The quantitative estimate of drug-likeness (QED) is 0.818. The smallest absolute Gasteiger partial charge is 0.271 e. The summed E-state index contributed by atoms with van der Waals surface area (Å²) in [6.45, 7) is 6.40. The third-order valence-corrected chi connectivity index (χ3v) is 3.11. The van der Waals surface area contributed by atoms with Gasteiger partial charge in [-0.05, 0) is 31.9 Å². The van der Waals surface area contributed by atoms with E-state index in [2.05, 4.69) is 41.6 Å². The van der Waals surface area contributed by atoms with Crippen LogP contribution in [0.5, 0.6) is 0 Å². The average molecular weight is 236 g/mol. The molecule has 94 valence electrons. The highest BCUT2D eigenvalue weighted by atomic mass is 16.1. The third kappa shape index (κ3) is 3.41. The standard InChI is InChI=1S/C12H20N4O/c1-5-12(3,6-2)14-10-8-7-9(15-16-10)11(17)13-4/h7-8H,5-6H2,1-4H3,(H,13,17)(H,14,16). The number of amides is 1. The SMILES string of the molecule is CCC(C)(CC)Nc1ccc(C(=O)NC)nn1. The molecule has 17 heavy (non-hydrogen) atoms. The van der Waals surface area contributed by atoms with E-state index in [1.54, 1.807) is 19.2 Å². The van der Waals surface area contributed by atoms with Crippen molar-refractivity contribution in [2.45, 2.75) is 39.2 Å². The lowest BCUT2D eigenvalue weighted by molar-refractivity contribution is 0.0957. The fourth-order valence-corrected chi connectivity index (χ4v) is 1.38. The molecule has 0 aliphatic carbocycles. The van der Waals surface area contributed by atoms with Crippen molar-refractivity contribution in [1.82, 2.24) is 15.5 Å². The van der Waals surface area contributed by atoms with Crippen LogP contribution >= 0.6 is 0 Å². The summed E-state index contributed by atoms with van der Waals surface area (Å²) in [7, 11) is 1.57. The largest absolute Gasteiger partial charge is 0.363 e. The zero-order valence-electron chi connectivity index (χ0n) is 10.9. The first-order chi connectivity index (χ1) is 8.04. The molecule has 1 aromatic heterocycles. The molecule has 0 aromatic carbocycles. The van der Waals surface area contributed by atoms with Crippen LogP contribution in [-0.4, -0.2) is 28.7 Å². The lowest BCUT2D eigenvalue weighted by Crippen LogP contribution is -2.33. The van der Waals surface area contributed by atoms with Gasteiger partial charge in [0.25, 0.3) is 5.91 Å². The Morgan fingerprint density at radius 3 is 2.35 bits per heavy atom. The molecule has 0 aliphatic heterocycles.